The van der Waals surface area contributed by atoms with E-state index < -0.39 is 0 Å². The Balaban J connectivity index is 3.18. The number of hydrogen-bond donors (Lipinski definition) is 2. The number of nitrogen functional groups attached to an aromatic ring is 1. The van der Waals surface area contributed by atoms with E-state index in [1.54, 1.807) is 23.7 Å². The van der Waals surface area contributed by atoms with Crippen LogP contribution in [0.25, 0.3) is 0 Å². The summed E-state index contributed by atoms with van der Waals surface area (Å²) in [6.45, 7) is 6.78. The SMILES string of the molecule is CCCSc1nc(N)c(NC)c(N(C=O)CC(C)C)n1. The van der Waals surface area contributed by atoms with Gasteiger partial charge in [0.15, 0.2) is 16.8 Å². The number of hydrogen-bond acceptors (Lipinski definition) is 6. The number of nitrogens with one attached hydrogen (secondary N) is 1. The van der Waals surface area contributed by atoms with Crippen molar-refractivity contribution < 1.29 is 4.79 Å². The highest BCUT2D eigenvalue weighted by molar-refractivity contribution is 7.99. The van der Waals surface area contributed by atoms with Gasteiger partial charge in [0.2, 0.25) is 6.41 Å². The lowest BCUT2D eigenvalue weighted by molar-refractivity contribution is -0.107. The number of nitrogens with two attached hydrogens (primary N) is 1. The highest BCUT2D eigenvalue weighted by Gasteiger charge is 2.18. The molecular formula is C13H23N5OS. The molecule has 0 bridgehead atoms. The van der Waals surface area contributed by atoms with Crippen LogP contribution < -0.4 is 16.0 Å². The minimum absolute atomic E-state index is 0.341. The summed E-state index contributed by atoms with van der Waals surface area (Å²) in [5.41, 5.74) is 6.55. The summed E-state index contributed by atoms with van der Waals surface area (Å²) in [6, 6.07) is 0. The van der Waals surface area contributed by atoms with Crippen LogP contribution in [-0.2, 0) is 4.79 Å². The van der Waals surface area contributed by atoms with E-state index in [0.29, 0.717) is 34.9 Å². The minimum atomic E-state index is 0.341. The minimum Gasteiger partial charge on any atom is -0.382 e. The maximum Gasteiger partial charge on any atom is 0.215 e. The van der Waals surface area contributed by atoms with Crippen molar-refractivity contribution in [3.63, 3.8) is 0 Å². The van der Waals surface area contributed by atoms with Gasteiger partial charge in [0, 0.05) is 19.3 Å². The molecule has 1 rings (SSSR count). The van der Waals surface area contributed by atoms with Gasteiger partial charge in [0.1, 0.15) is 5.69 Å². The predicted octanol–water partition coefficient (Wildman–Crippen LogP) is 2.22. The molecule has 0 radical (unpaired) electrons. The molecule has 0 aliphatic carbocycles. The number of amides is 1. The normalized spacial score (nSPS) is 10.7. The molecule has 1 amide bonds. The Morgan fingerprint density at radius 2 is 2.15 bits per heavy atom. The van der Waals surface area contributed by atoms with Crippen molar-refractivity contribution in [2.75, 3.05) is 35.3 Å². The molecular weight excluding hydrogens is 274 g/mol. The fourth-order valence-corrected chi connectivity index (χ4v) is 2.42. The topological polar surface area (TPSA) is 84.1 Å². The lowest BCUT2D eigenvalue weighted by Crippen LogP contribution is -2.28. The van der Waals surface area contributed by atoms with E-state index in [-0.39, 0.29) is 0 Å². The third-order valence-electron chi connectivity index (χ3n) is 2.54. The molecule has 0 atom stereocenters. The van der Waals surface area contributed by atoms with Gasteiger partial charge in [0.05, 0.1) is 0 Å². The molecule has 6 nitrogen and oxygen atoms in total. The first-order chi connectivity index (χ1) is 9.53. The Kier molecular flexibility index (Phi) is 6.57. The fourth-order valence-electron chi connectivity index (χ4n) is 1.72. The van der Waals surface area contributed by atoms with Crippen LogP contribution in [0.5, 0.6) is 0 Å². The number of thioether (sulfide) groups is 1. The molecule has 20 heavy (non-hydrogen) atoms. The van der Waals surface area contributed by atoms with Gasteiger partial charge in [-0.25, -0.2) is 9.97 Å². The van der Waals surface area contributed by atoms with Crippen molar-refractivity contribution in [1.29, 1.82) is 0 Å². The smallest absolute Gasteiger partial charge is 0.215 e. The highest BCUT2D eigenvalue weighted by atomic mass is 32.2. The second-order valence-corrected chi connectivity index (χ2v) is 5.90. The van der Waals surface area contributed by atoms with Crippen molar-refractivity contribution >= 4 is 35.5 Å². The summed E-state index contributed by atoms with van der Waals surface area (Å²) in [7, 11) is 1.75. The molecule has 1 aromatic heterocycles. The number of carbonyl (C=O) groups excluding carboxylic acids is 1. The molecule has 0 saturated heterocycles. The molecule has 7 heteroatoms. The van der Waals surface area contributed by atoms with Crippen LogP contribution in [0.1, 0.15) is 27.2 Å². The lowest BCUT2D eigenvalue weighted by Gasteiger charge is -2.22. The fraction of sp³-hybridized carbons (Fsp3) is 0.615. The van der Waals surface area contributed by atoms with E-state index in [2.05, 4.69) is 22.2 Å². The zero-order valence-electron chi connectivity index (χ0n) is 12.5. The maximum absolute atomic E-state index is 11.3. The maximum atomic E-state index is 11.3. The third-order valence-corrected chi connectivity index (χ3v) is 3.60. The average Bonchev–Trinajstić information content (AvgIpc) is 2.41. The molecule has 0 aliphatic rings. The monoisotopic (exact) mass is 297 g/mol. The molecule has 0 aliphatic heterocycles. The first kappa shape index (κ1) is 16.6. The Bertz CT molecular complexity index is 453. The van der Waals surface area contributed by atoms with Gasteiger partial charge in [-0.05, 0) is 12.3 Å². The number of nitrogens with zero attached hydrogens (tertiary/aromatic N) is 3. The van der Waals surface area contributed by atoms with E-state index in [9.17, 15) is 4.79 Å². The number of carbonyl (C=O) groups is 1. The third kappa shape index (κ3) is 4.26. The summed E-state index contributed by atoms with van der Waals surface area (Å²) in [5.74, 6) is 2.17. The number of aromatic nitrogens is 2. The number of rotatable bonds is 8. The summed E-state index contributed by atoms with van der Waals surface area (Å²) in [4.78, 5) is 21.6. The number of anilines is 3. The van der Waals surface area contributed by atoms with Crippen LogP contribution in [-0.4, -0.2) is 35.7 Å². The summed E-state index contributed by atoms with van der Waals surface area (Å²) >= 11 is 1.54. The first-order valence-electron chi connectivity index (χ1n) is 6.73. The Morgan fingerprint density at radius 3 is 2.65 bits per heavy atom. The first-order valence-corrected chi connectivity index (χ1v) is 7.72. The van der Waals surface area contributed by atoms with Crippen molar-refractivity contribution in [1.82, 2.24) is 9.97 Å². The Hall–Kier alpha value is -1.50. The van der Waals surface area contributed by atoms with Crippen molar-refractivity contribution in [2.24, 2.45) is 5.92 Å². The van der Waals surface area contributed by atoms with Gasteiger partial charge in [0.25, 0.3) is 0 Å². The predicted molar refractivity (Wildman–Crippen MR) is 85.3 cm³/mol. The van der Waals surface area contributed by atoms with Crippen LogP contribution in [0.4, 0.5) is 17.3 Å². The lowest BCUT2D eigenvalue weighted by atomic mass is 10.2. The molecule has 3 N–H and O–H groups in total. The van der Waals surface area contributed by atoms with Gasteiger partial charge in [-0.3, -0.25) is 9.69 Å². The van der Waals surface area contributed by atoms with E-state index in [1.165, 1.54) is 0 Å². The standard InChI is InChI=1S/C13H23N5OS/c1-5-6-20-13-16-11(14)10(15-4)12(17-13)18(8-19)7-9(2)3/h8-9,15H,5-7H2,1-4H3,(H2,14,16,17). The molecule has 1 aromatic rings. The van der Waals surface area contributed by atoms with E-state index >= 15 is 0 Å². The van der Waals surface area contributed by atoms with Crippen molar-refractivity contribution in [3.8, 4) is 0 Å². The molecule has 112 valence electrons. The van der Waals surface area contributed by atoms with Gasteiger partial charge in [-0.1, -0.05) is 32.5 Å². The summed E-state index contributed by atoms with van der Waals surface area (Å²) < 4.78 is 0. The Morgan fingerprint density at radius 1 is 1.45 bits per heavy atom. The van der Waals surface area contributed by atoms with Gasteiger partial charge >= 0.3 is 0 Å². The van der Waals surface area contributed by atoms with Crippen LogP contribution in [0.2, 0.25) is 0 Å². The molecule has 1 heterocycles. The summed E-state index contributed by atoms with van der Waals surface area (Å²) in [5, 5.41) is 3.58. The molecule has 0 aromatic carbocycles. The van der Waals surface area contributed by atoms with Crippen LogP contribution in [0.15, 0.2) is 5.16 Å². The highest BCUT2D eigenvalue weighted by Crippen LogP contribution is 2.30. The van der Waals surface area contributed by atoms with Crippen LogP contribution >= 0.6 is 11.8 Å². The van der Waals surface area contributed by atoms with Crippen molar-refractivity contribution in [2.45, 2.75) is 32.3 Å². The van der Waals surface area contributed by atoms with Crippen LogP contribution in [0, 0.1) is 5.92 Å². The van der Waals surface area contributed by atoms with Crippen molar-refractivity contribution in [3.05, 3.63) is 0 Å². The summed E-state index contributed by atoms with van der Waals surface area (Å²) in [6.07, 6.45) is 1.82. The zero-order chi connectivity index (χ0) is 15.1. The van der Waals surface area contributed by atoms with Gasteiger partial charge in [-0.15, -0.1) is 0 Å². The largest absolute Gasteiger partial charge is 0.382 e. The molecule has 0 saturated carbocycles. The average molecular weight is 297 g/mol. The van der Waals surface area contributed by atoms with E-state index in [0.717, 1.165) is 18.6 Å². The van der Waals surface area contributed by atoms with E-state index in [4.69, 9.17) is 5.73 Å². The van der Waals surface area contributed by atoms with Gasteiger partial charge < -0.3 is 11.1 Å². The second kappa shape index (κ2) is 7.94. The van der Waals surface area contributed by atoms with E-state index in [1.807, 2.05) is 13.8 Å². The van der Waals surface area contributed by atoms with Crippen LogP contribution in [0.3, 0.4) is 0 Å². The quantitative estimate of drug-likeness (QED) is 0.435. The van der Waals surface area contributed by atoms with Gasteiger partial charge in [-0.2, -0.15) is 0 Å². The Labute approximate surface area is 124 Å². The molecule has 0 unspecified atom stereocenters. The zero-order valence-corrected chi connectivity index (χ0v) is 13.3. The molecule has 0 spiro atoms. The molecule has 0 fully saturated rings. The second-order valence-electron chi connectivity index (χ2n) is 4.84.